The van der Waals surface area contributed by atoms with Crippen molar-refractivity contribution >= 4 is 10.8 Å². The summed E-state index contributed by atoms with van der Waals surface area (Å²) in [7, 11) is 1.63. The molecule has 4 heteroatoms. The summed E-state index contributed by atoms with van der Waals surface area (Å²) in [6.45, 7) is 6.21. The van der Waals surface area contributed by atoms with Gasteiger partial charge >= 0.3 is 0 Å². The predicted octanol–water partition coefficient (Wildman–Crippen LogP) is 1.96. The maximum Gasteiger partial charge on any atom is 0.0900 e. The van der Waals surface area contributed by atoms with E-state index in [4.69, 9.17) is 4.74 Å². The third kappa shape index (κ3) is 4.30. The van der Waals surface area contributed by atoms with Crippen LogP contribution in [0.5, 0.6) is 0 Å². The third-order valence-corrected chi connectivity index (χ3v) is 4.57. The highest BCUT2D eigenvalue weighted by molar-refractivity contribution is 5.85. The minimum Gasteiger partial charge on any atom is -0.389 e. The molecule has 1 aliphatic heterocycles. The minimum atomic E-state index is -0.385. The Kier molecular flexibility index (Phi) is 5.62. The summed E-state index contributed by atoms with van der Waals surface area (Å²) in [5.74, 6) is 0. The van der Waals surface area contributed by atoms with Crippen molar-refractivity contribution in [3.63, 3.8) is 0 Å². The topological polar surface area (TPSA) is 35.9 Å². The number of aliphatic hydroxyl groups excluding tert-OH is 1. The largest absolute Gasteiger partial charge is 0.389 e. The summed E-state index contributed by atoms with van der Waals surface area (Å²) in [4.78, 5) is 4.82. The van der Waals surface area contributed by atoms with Crippen molar-refractivity contribution in [3.05, 3.63) is 48.0 Å². The number of ether oxygens (including phenoxy) is 1. The molecule has 2 aromatic carbocycles. The van der Waals surface area contributed by atoms with E-state index in [2.05, 4.69) is 52.3 Å². The van der Waals surface area contributed by atoms with E-state index >= 15 is 0 Å². The molecule has 124 valence electrons. The summed E-state index contributed by atoms with van der Waals surface area (Å²) in [6.07, 6.45) is -0.385. The van der Waals surface area contributed by atoms with Gasteiger partial charge in [0.2, 0.25) is 0 Å². The van der Waals surface area contributed by atoms with E-state index < -0.39 is 0 Å². The predicted molar refractivity (Wildman–Crippen MR) is 93.5 cm³/mol. The molecule has 1 saturated heterocycles. The molecule has 1 aliphatic rings. The molecule has 2 aromatic rings. The molecule has 0 amide bonds. The number of fused-ring (bicyclic) bond motifs is 1. The van der Waals surface area contributed by atoms with Crippen molar-refractivity contribution in [2.24, 2.45) is 0 Å². The molecule has 1 fully saturated rings. The van der Waals surface area contributed by atoms with Crippen LogP contribution >= 0.6 is 0 Å². The molecule has 0 spiro atoms. The fourth-order valence-corrected chi connectivity index (χ4v) is 3.34. The second kappa shape index (κ2) is 7.88. The highest BCUT2D eigenvalue weighted by Crippen LogP contribution is 2.20. The second-order valence-corrected chi connectivity index (χ2v) is 6.32. The average Bonchev–Trinajstić information content (AvgIpc) is 2.57. The first-order valence-electron chi connectivity index (χ1n) is 8.34. The van der Waals surface area contributed by atoms with E-state index in [1.165, 1.54) is 16.3 Å². The Balaban J connectivity index is 1.56. The minimum absolute atomic E-state index is 0.385. The number of hydrogen-bond acceptors (Lipinski definition) is 4. The highest BCUT2D eigenvalue weighted by Gasteiger charge is 2.19. The summed E-state index contributed by atoms with van der Waals surface area (Å²) in [5.41, 5.74) is 1.40. The van der Waals surface area contributed by atoms with Crippen molar-refractivity contribution in [2.75, 3.05) is 46.4 Å². The Morgan fingerprint density at radius 3 is 2.48 bits per heavy atom. The first-order valence-corrected chi connectivity index (χ1v) is 8.34. The maximum atomic E-state index is 9.84. The summed E-state index contributed by atoms with van der Waals surface area (Å²) in [6, 6.07) is 15.1. The Morgan fingerprint density at radius 1 is 1.00 bits per heavy atom. The highest BCUT2D eigenvalue weighted by atomic mass is 16.5. The molecule has 1 heterocycles. The van der Waals surface area contributed by atoms with Gasteiger partial charge in [0, 0.05) is 46.4 Å². The van der Waals surface area contributed by atoms with Crippen molar-refractivity contribution in [3.8, 4) is 0 Å². The fourth-order valence-electron chi connectivity index (χ4n) is 3.34. The molecule has 0 radical (unpaired) electrons. The van der Waals surface area contributed by atoms with Gasteiger partial charge in [-0.15, -0.1) is 0 Å². The van der Waals surface area contributed by atoms with Crippen molar-refractivity contribution in [1.82, 2.24) is 9.80 Å². The SMILES string of the molecule is COC[C@@H](O)CN1CCN(Cc2cccc3ccccc23)CC1. The number of aliphatic hydroxyl groups is 1. The zero-order valence-electron chi connectivity index (χ0n) is 13.8. The second-order valence-electron chi connectivity index (χ2n) is 6.32. The van der Waals surface area contributed by atoms with E-state index in [1.807, 2.05) is 0 Å². The van der Waals surface area contributed by atoms with Crippen LogP contribution in [0.1, 0.15) is 5.56 Å². The quantitative estimate of drug-likeness (QED) is 0.884. The molecule has 4 nitrogen and oxygen atoms in total. The van der Waals surface area contributed by atoms with Crippen LogP contribution in [0.15, 0.2) is 42.5 Å². The van der Waals surface area contributed by atoms with Crippen LogP contribution in [-0.2, 0) is 11.3 Å². The Labute approximate surface area is 138 Å². The molecule has 0 saturated carbocycles. The first-order chi connectivity index (χ1) is 11.3. The van der Waals surface area contributed by atoms with Gasteiger partial charge in [-0.05, 0) is 16.3 Å². The Hall–Kier alpha value is -1.46. The van der Waals surface area contributed by atoms with Crippen LogP contribution in [0.3, 0.4) is 0 Å². The van der Waals surface area contributed by atoms with E-state index in [1.54, 1.807) is 7.11 Å². The number of rotatable bonds is 6. The molecule has 0 aromatic heterocycles. The number of benzene rings is 2. The van der Waals surface area contributed by atoms with Gasteiger partial charge in [-0.3, -0.25) is 9.80 Å². The lowest BCUT2D eigenvalue weighted by Crippen LogP contribution is -2.48. The van der Waals surface area contributed by atoms with Crippen LogP contribution in [0.4, 0.5) is 0 Å². The molecule has 0 bridgehead atoms. The van der Waals surface area contributed by atoms with E-state index in [-0.39, 0.29) is 6.10 Å². The monoisotopic (exact) mass is 314 g/mol. The molecule has 0 unspecified atom stereocenters. The van der Waals surface area contributed by atoms with Gasteiger partial charge in [-0.1, -0.05) is 42.5 Å². The van der Waals surface area contributed by atoms with E-state index in [0.29, 0.717) is 13.2 Å². The van der Waals surface area contributed by atoms with Crippen LogP contribution < -0.4 is 0 Å². The van der Waals surface area contributed by atoms with Gasteiger partial charge in [-0.2, -0.15) is 0 Å². The van der Waals surface area contributed by atoms with Crippen molar-refractivity contribution in [2.45, 2.75) is 12.6 Å². The first kappa shape index (κ1) is 16.4. The maximum absolute atomic E-state index is 9.84. The van der Waals surface area contributed by atoms with E-state index in [0.717, 1.165) is 32.7 Å². The molecule has 3 rings (SSSR count). The zero-order chi connectivity index (χ0) is 16.1. The number of piperazine rings is 1. The normalized spacial score (nSPS) is 18.3. The average molecular weight is 314 g/mol. The van der Waals surface area contributed by atoms with Gasteiger partial charge in [0.15, 0.2) is 0 Å². The number of hydrogen-bond donors (Lipinski definition) is 1. The third-order valence-electron chi connectivity index (χ3n) is 4.57. The fraction of sp³-hybridized carbons (Fsp3) is 0.474. The molecule has 23 heavy (non-hydrogen) atoms. The number of methoxy groups -OCH3 is 1. The van der Waals surface area contributed by atoms with E-state index in [9.17, 15) is 5.11 Å². The Bertz CT molecular complexity index is 618. The molecule has 0 aliphatic carbocycles. The summed E-state index contributed by atoms with van der Waals surface area (Å²) >= 11 is 0. The lowest BCUT2D eigenvalue weighted by molar-refractivity contribution is 0.0231. The summed E-state index contributed by atoms with van der Waals surface area (Å²) in [5, 5.41) is 12.5. The Morgan fingerprint density at radius 2 is 1.70 bits per heavy atom. The van der Waals surface area contributed by atoms with Crippen LogP contribution in [0.2, 0.25) is 0 Å². The van der Waals surface area contributed by atoms with Crippen LogP contribution in [0.25, 0.3) is 10.8 Å². The van der Waals surface area contributed by atoms with Gasteiger partial charge in [0.05, 0.1) is 12.7 Å². The number of β-amino-alcohol motifs (C(OH)–C–C–N with tert-alkyl or cyclic N) is 1. The molecule has 1 N–H and O–H groups in total. The van der Waals surface area contributed by atoms with Gasteiger partial charge in [0.1, 0.15) is 0 Å². The smallest absolute Gasteiger partial charge is 0.0900 e. The van der Waals surface area contributed by atoms with Gasteiger partial charge in [0.25, 0.3) is 0 Å². The van der Waals surface area contributed by atoms with Crippen LogP contribution in [0, 0.1) is 0 Å². The molecular formula is C19H26N2O2. The van der Waals surface area contributed by atoms with Crippen molar-refractivity contribution in [1.29, 1.82) is 0 Å². The molecular weight excluding hydrogens is 288 g/mol. The zero-order valence-corrected chi connectivity index (χ0v) is 13.8. The standard InChI is InChI=1S/C19H26N2O2/c1-23-15-18(22)14-21-11-9-20(10-12-21)13-17-7-4-6-16-5-2-3-8-19(16)17/h2-8,18,22H,9-15H2,1H3/t18-/m0/s1. The lowest BCUT2D eigenvalue weighted by Gasteiger charge is -2.35. The van der Waals surface area contributed by atoms with Gasteiger partial charge < -0.3 is 9.84 Å². The van der Waals surface area contributed by atoms with Crippen molar-refractivity contribution < 1.29 is 9.84 Å². The summed E-state index contributed by atoms with van der Waals surface area (Å²) < 4.78 is 5.00. The number of nitrogens with zero attached hydrogens (tertiary/aromatic N) is 2. The lowest BCUT2D eigenvalue weighted by atomic mass is 10.0. The van der Waals surface area contributed by atoms with Gasteiger partial charge in [-0.25, -0.2) is 0 Å². The molecule has 1 atom stereocenters. The van der Waals surface area contributed by atoms with Crippen LogP contribution in [-0.4, -0.2) is 67.5 Å².